The van der Waals surface area contributed by atoms with E-state index < -0.39 is 27.8 Å². The lowest BCUT2D eigenvalue weighted by molar-refractivity contribution is -0.116. The number of ether oxygens (including phenoxy) is 1. The van der Waals surface area contributed by atoms with E-state index >= 15 is 0 Å². The zero-order valence-corrected chi connectivity index (χ0v) is 17.3. The molecule has 6 nitrogen and oxygen atoms in total. The smallest absolute Gasteiger partial charge is 0.247 e. The Labute approximate surface area is 170 Å². The molecule has 0 aliphatic heterocycles. The molecule has 0 saturated heterocycles. The standard InChI is InChI=1S/C21H25FN2O4S/c1-15(24(29(2,26)27)18-11-7-16(22)8-12-18)21(25)23-17-9-13-20(14-10-17)28-19-5-3-4-6-19/h7-15,19H,3-6H2,1-2H3,(H,23,25)/t15-/m1/s1. The monoisotopic (exact) mass is 420 g/mol. The molecular formula is C21H25FN2O4S. The largest absolute Gasteiger partial charge is 0.490 e. The summed E-state index contributed by atoms with van der Waals surface area (Å²) in [5.41, 5.74) is 0.755. The molecule has 1 saturated carbocycles. The Morgan fingerprint density at radius 3 is 2.24 bits per heavy atom. The van der Waals surface area contributed by atoms with Crippen molar-refractivity contribution in [3.8, 4) is 5.75 Å². The fraction of sp³-hybridized carbons (Fsp3) is 0.381. The van der Waals surface area contributed by atoms with Gasteiger partial charge in [0.05, 0.1) is 18.0 Å². The topological polar surface area (TPSA) is 75.7 Å². The van der Waals surface area contributed by atoms with Gasteiger partial charge in [0.25, 0.3) is 0 Å². The summed E-state index contributed by atoms with van der Waals surface area (Å²) in [7, 11) is -3.76. The maximum atomic E-state index is 13.2. The number of sulfonamides is 1. The van der Waals surface area contributed by atoms with Gasteiger partial charge in [-0.05, 0) is 81.1 Å². The molecule has 1 aliphatic rings. The second-order valence-electron chi connectivity index (χ2n) is 7.25. The first-order valence-electron chi connectivity index (χ1n) is 9.56. The Morgan fingerprint density at radius 2 is 1.69 bits per heavy atom. The Kier molecular flexibility index (Phi) is 6.42. The first kappa shape index (κ1) is 21.1. The Balaban J connectivity index is 1.69. The van der Waals surface area contributed by atoms with E-state index in [1.165, 1.54) is 31.9 Å². The lowest BCUT2D eigenvalue weighted by Gasteiger charge is -2.28. The molecule has 1 atom stereocenters. The number of anilines is 2. The van der Waals surface area contributed by atoms with E-state index in [1.54, 1.807) is 24.3 Å². The van der Waals surface area contributed by atoms with E-state index in [4.69, 9.17) is 4.74 Å². The van der Waals surface area contributed by atoms with Crippen molar-refractivity contribution in [2.45, 2.75) is 44.8 Å². The molecule has 0 radical (unpaired) electrons. The summed E-state index contributed by atoms with van der Waals surface area (Å²) < 4.78 is 44.6. The number of nitrogens with one attached hydrogen (secondary N) is 1. The van der Waals surface area contributed by atoms with E-state index in [-0.39, 0.29) is 11.8 Å². The minimum Gasteiger partial charge on any atom is -0.490 e. The van der Waals surface area contributed by atoms with Crippen LogP contribution < -0.4 is 14.4 Å². The molecule has 29 heavy (non-hydrogen) atoms. The zero-order chi connectivity index (χ0) is 21.0. The summed E-state index contributed by atoms with van der Waals surface area (Å²) in [6.07, 6.45) is 5.73. The van der Waals surface area contributed by atoms with Crippen LogP contribution in [0.1, 0.15) is 32.6 Å². The summed E-state index contributed by atoms with van der Waals surface area (Å²) in [6, 6.07) is 11.0. The molecule has 1 N–H and O–H groups in total. The van der Waals surface area contributed by atoms with E-state index in [0.717, 1.165) is 41.3 Å². The molecule has 1 fully saturated rings. The van der Waals surface area contributed by atoms with Crippen molar-refractivity contribution < 1.29 is 22.3 Å². The van der Waals surface area contributed by atoms with Crippen LogP contribution in [0.3, 0.4) is 0 Å². The van der Waals surface area contributed by atoms with E-state index in [1.807, 2.05) is 0 Å². The van der Waals surface area contributed by atoms with Crippen LogP contribution in [-0.4, -0.2) is 32.7 Å². The number of halogens is 1. The number of benzene rings is 2. The molecule has 3 rings (SSSR count). The van der Waals surface area contributed by atoms with Gasteiger partial charge in [-0.1, -0.05) is 0 Å². The normalized spacial score (nSPS) is 15.7. The molecule has 156 valence electrons. The van der Waals surface area contributed by atoms with Crippen LogP contribution in [0.5, 0.6) is 5.75 Å². The van der Waals surface area contributed by atoms with Crippen LogP contribution in [-0.2, 0) is 14.8 Å². The molecule has 1 amide bonds. The zero-order valence-electron chi connectivity index (χ0n) is 16.5. The van der Waals surface area contributed by atoms with Crippen molar-refractivity contribution in [1.82, 2.24) is 0 Å². The Hall–Kier alpha value is -2.61. The maximum Gasteiger partial charge on any atom is 0.247 e. The lowest BCUT2D eigenvalue weighted by Crippen LogP contribution is -2.45. The first-order chi connectivity index (χ1) is 13.7. The van der Waals surface area contributed by atoms with Gasteiger partial charge in [0.1, 0.15) is 17.6 Å². The van der Waals surface area contributed by atoms with Gasteiger partial charge < -0.3 is 10.1 Å². The van der Waals surface area contributed by atoms with Crippen LogP contribution in [0.15, 0.2) is 48.5 Å². The Bertz CT molecular complexity index is 940. The predicted octanol–water partition coefficient (Wildman–Crippen LogP) is 3.94. The van der Waals surface area contributed by atoms with Gasteiger partial charge in [0.15, 0.2) is 0 Å². The average Bonchev–Trinajstić information content (AvgIpc) is 3.17. The van der Waals surface area contributed by atoms with E-state index in [2.05, 4.69) is 5.32 Å². The number of rotatable bonds is 7. The molecule has 0 aromatic heterocycles. The molecule has 0 bridgehead atoms. The van der Waals surface area contributed by atoms with E-state index in [0.29, 0.717) is 5.69 Å². The minimum atomic E-state index is -3.76. The summed E-state index contributed by atoms with van der Waals surface area (Å²) in [6.45, 7) is 1.48. The van der Waals surface area contributed by atoms with Crippen molar-refractivity contribution in [1.29, 1.82) is 0 Å². The molecule has 0 unspecified atom stereocenters. The van der Waals surface area contributed by atoms with Gasteiger partial charge >= 0.3 is 0 Å². The minimum absolute atomic E-state index is 0.219. The van der Waals surface area contributed by atoms with Crippen molar-refractivity contribution in [3.05, 3.63) is 54.3 Å². The van der Waals surface area contributed by atoms with Crippen molar-refractivity contribution in [2.24, 2.45) is 0 Å². The summed E-state index contributed by atoms with van der Waals surface area (Å²) in [5, 5.41) is 2.72. The van der Waals surface area contributed by atoms with Crippen LogP contribution in [0.4, 0.5) is 15.8 Å². The molecule has 2 aromatic carbocycles. The Morgan fingerprint density at radius 1 is 1.10 bits per heavy atom. The van der Waals surface area contributed by atoms with Crippen molar-refractivity contribution in [2.75, 3.05) is 15.9 Å². The first-order valence-corrected chi connectivity index (χ1v) is 11.4. The van der Waals surface area contributed by atoms with Gasteiger partial charge in [-0.15, -0.1) is 0 Å². The predicted molar refractivity (Wildman–Crippen MR) is 111 cm³/mol. The van der Waals surface area contributed by atoms with Crippen molar-refractivity contribution in [3.63, 3.8) is 0 Å². The van der Waals surface area contributed by atoms with Crippen LogP contribution >= 0.6 is 0 Å². The highest BCUT2D eigenvalue weighted by Gasteiger charge is 2.29. The lowest BCUT2D eigenvalue weighted by atomic mass is 10.2. The molecule has 0 heterocycles. The number of nitrogens with zero attached hydrogens (tertiary/aromatic N) is 1. The van der Waals surface area contributed by atoms with Gasteiger partial charge in [-0.25, -0.2) is 12.8 Å². The number of carbonyl (C=O) groups excluding carboxylic acids is 1. The molecule has 0 spiro atoms. The fourth-order valence-corrected chi connectivity index (χ4v) is 4.63. The number of amides is 1. The van der Waals surface area contributed by atoms with E-state index in [9.17, 15) is 17.6 Å². The summed E-state index contributed by atoms with van der Waals surface area (Å²) in [4.78, 5) is 12.7. The third-order valence-electron chi connectivity index (χ3n) is 4.90. The molecule has 8 heteroatoms. The van der Waals surface area contributed by atoms with Gasteiger partial charge in [-0.2, -0.15) is 0 Å². The average molecular weight is 421 g/mol. The highest BCUT2D eigenvalue weighted by Crippen LogP contribution is 2.26. The van der Waals surface area contributed by atoms with Crippen molar-refractivity contribution >= 4 is 27.3 Å². The van der Waals surface area contributed by atoms with Crippen LogP contribution in [0.25, 0.3) is 0 Å². The summed E-state index contributed by atoms with van der Waals surface area (Å²) in [5.74, 6) is -0.240. The van der Waals surface area contributed by atoms with Gasteiger partial charge in [0.2, 0.25) is 15.9 Å². The number of hydrogen-bond acceptors (Lipinski definition) is 4. The third-order valence-corrected chi connectivity index (χ3v) is 6.14. The van der Waals surface area contributed by atoms with Gasteiger partial charge in [0, 0.05) is 5.69 Å². The third kappa shape index (κ3) is 5.47. The second-order valence-corrected chi connectivity index (χ2v) is 9.11. The second kappa shape index (κ2) is 8.82. The van der Waals surface area contributed by atoms with Crippen LogP contribution in [0.2, 0.25) is 0 Å². The molecule has 1 aliphatic carbocycles. The quantitative estimate of drug-likeness (QED) is 0.736. The highest BCUT2D eigenvalue weighted by atomic mass is 32.2. The maximum absolute atomic E-state index is 13.2. The molecular weight excluding hydrogens is 395 g/mol. The number of hydrogen-bond donors (Lipinski definition) is 1. The van der Waals surface area contributed by atoms with Gasteiger partial charge in [-0.3, -0.25) is 9.10 Å². The molecule has 2 aromatic rings. The number of carbonyl (C=O) groups is 1. The highest BCUT2D eigenvalue weighted by molar-refractivity contribution is 7.92. The summed E-state index contributed by atoms with van der Waals surface area (Å²) >= 11 is 0. The van der Waals surface area contributed by atoms with Crippen LogP contribution in [0, 0.1) is 5.82 Å². The fourth-order valence-electron chi connectivity index (χ4n) is 3.46. The SMILES string of the molecule is C[C@H](C(=O)Nc1ccc(OC2CCCC2)cc1)N(c1ccc(F)cc1)S(C)(=O)=O.